The van der Waals surface area contributed by atoms with E-state index in [2.05, 4.69) is 31.4 Å². The molecule has 1 aliphatic rings. The molecular formula is C12H11BrFN3O2. The van der Waals surface area contributed by atoms with Gasteiger partial charge in [-0.2, -0.15) is 4.98 Å². The fraction of sp³-hybridized carbons (Fsp3) is 0.333. The van der Waals surface area contributed by atoms with Gasteiger partial charge in [0.25, 0.3) is 5.89 Å². The lowest BCUT2D eigenvalue weighted by atomic mass is 10.0. The molecule has 1 aliphatic heterocycles. The van der Waals surface area contributed by atoms with Crippen LogP contribution in [0.5, 0.6) is 0 Å². The van der Waals surface area contributed by atoms with E-state index in [-0.39, 0.29) is 11.7 Å². The van der Waals surface area contributed by atoms with Gasteiger partial charge in [-0.3, -0.25) is 0 Å². The van der Waals surface area contributed by atoms with Crippen LogP contribution in [0, 0.1) is 5.82 Å². The number of rotatable bonds is 2. The summed E-state index contributed by atoms with van der Waals surface area (Å²) in [5.41, 5.74) is -0.486. The molecule has 7 heteroatoms. The standard InChI is InChI=1S/C12H11BrFN3O2/c13-8-5-7(1-2-9(8)14)10-16-11(19-17-10)12(18)3-4-15-6-12/h1-2,5,15,18H,3-4,6H2. The smallest absolute Gasteiger partial charge is 0.260 e. The van der Waals surface area contributed by atoms with Gasteiger partial charge in [0.2, 0.25) is 5.82 Å². The van der Waals surface area contributed by atoms with Gasteiger partial charge in [0.15, 0.2) is 5.60 Å². The molecule has 1 saturated heterocycles. The van der Waals surface area contributed by atoms with Crippen molar-refractivity contribution in [2.24, 2.45) is 0 Å². The molecule has 1 fully saturated rings. The van der Waals surface area contributed by atoms with Gasteiger partial charge in [-0.25, -0.2) is 4.39 Å². The van der Waals surface area contributed by atoms with Crippen molar-refractivity contribution in [2.45, 2.75) is 12.0 Å². The van der Waals surface area contributed by atoms with Crippen LogP contribution in [0.25, 0.3) is 11.4 Å². The number of hydrogen-bond donors (Lipinski definition) is 2. The molecule has 2 aromatic rings. The van der Waals surface area contributed by atoms with Gasteiger partial charge in [0, 0.05) is 12.1 Å². The molecule has 0 amide bonds. The molecule has 1 aromatic heterocycles. The van der Waals surface area contributed by atoms with Gasteiger partial charge in [-0.1, -0.05) is 5.16 Å². The van der Waals surface area contributed by atoms with Crippen LogP contribution in [-0.2, 0) is 5.60 Å². The summed E-state index contributed by atoms with van der Waals surface area (Å²) in [6, 6.07) is 4.45. The second-order valence-electron chi connectivity index (χ2n) is 4.51. The number of aromatic nitrogens is 2. The molecule has 0 aliphatic carbocycles. The summed E-state index contributed by atoms with van der Waals surface area (Å²) in [4.78, 5) is 4.19. The monoisotopic (exact) mass is 327 g/mol. The van der Waals surface area contributed by atoms with Crippen molar-refractivity contribution >= 4 is 15.9 Å². The molecule has 0 spiro atoms. The molecule has 5 nitrogen and oxygen atoms in total. The van der Waals surface area contributed by atoms with Crippen molar-refractivity contribution in [3.05, 3.63) is 34.4 Å². The Morgan fingerprint density at radius 1 is 1.47 bits per heavy atom. The maximum atomic E-state index is 13.2. The first-order valence-corrected chi connectivity index (χ1v) is 6.60. The van der Waals surface area contributed by atoms with E-state index in [0.29, 0.717) is 35.4 Å². The van der Waals surface area contributed by atoms with Gasteiger partial charge < -0.3 is 14.9 Å². The van der Waals surface area contributed by atoms with E-state index in [1.165, 1.54) is 6.07 Å². The molecule has 1 atom stereocenters. The van der Waals surface area contributed by atoms with Crippen molar-refractivity contribution in [3.8, 4) is 11.4 Å². The van der Waals surface area contributed by atoms with E-state index in [1.54, 1.807) is 12.1 Å². The first-order chi connectivity index (χ1) is 9.08. The Labute approximate surface area is 117 Å². The molecular weight excluding hydrogens is 317 g/mol. The first kappa shape index (κ1) is 12.7. The topological polar surface area (TPSA) is 71.2 Å². The third kappa shape index (κ3) is 2.29. The van der Waals surface area contributed by atoms with Gasteiger partial charge in [-0.05, 0) is 47.1 Å². The fourth-order valence-corrected chi connectivity index (χ4v) is 2.41. The Kier molecular flexibility index (Phi) is 3.12. The lowest BCUT2D eigenvalue weighted by Gasteiger charge is -2.14. The molecule has 1 unspecified atom stereocenters. The largest absolute Gasteiger partial charge is 0.379 e. The number of benzene rings is 1. The minimum atomic E-state index is -1.11. The summed E-state index contributed by atoms with van der Waals surface area (Å²) in [6.45, 7) is 1.10. The van der Waals surface area contributed by atoms with Crippen LogP contribution in [0.3, 0.4) is 0 Å². The van der Waals surface area contributed by atoms with E-state index in [0.717, 1.165) is 0 Å². The van der Waals surface area contributed by atoms with Crippen molar-refractivity contribution in [3.63, 3.8) is 0 Å². The van der Waals surface area contributed by atoms with Crippen LogP contribution in [-0.4, -0.2) is 28.3 Å². The summed E-state index contributed by atoms with van der Waals surface area (Å²) < 4.78 is 18.6. The minimum absolute atomic E-state index is 0.188. The number of nitrogens with one attached hydrogen (secondary N) is 1. The predicted octanol–water partition coefficient (Wildman–Crippen LogP) is 1.82. The number of β-amino-alcohol motifs (C(OH)–C–C–N with tert-alkyl or cyclic N) is 1. The molecule has 100 valence electrons. The molecule has 0 radical (unpaired) electrons. The highest BCUT2D eigenvalue weighted by Crippen LogP contribution is 2.29. The summed E-state index contributed by atoms with van der Waals surface area (Å²) >= 11 is 3.11. The molecule has 3 rings (SSSR count). The molecule has 0 saturated carbocycles. The number of nitrogens with zero attached hydrogens (tertiary/aromatic N) is 2. The summed E-state index contributed by atoms with van der Waals surface area (Å²) in [5, 5.41) is 17.2. The van der Waals surface area contributed by atoms with Crippen molar-refractivity contribution in [1.29, 1.82) is 0 Å². The summed E-state index contributed by atoms with van der Waals surface area (Å²) in [5.74, 6) is 0.162. The van der Waals surface area contributed by atoms with Gasteiger partial charge in [-0.15, -0.1) is 0 Å². The van der Waals surface area contributed by atoms with E-state index in [4.69, 9.17) is 4.52 Å². The number of hydrogen-bond acceptors (Lipinski definition) is 5. The Morgan fingerprint density at radius 2 is 2.32 bits per heavy atom. The molecule has 1 aromatic carbocycles. The van der Waals surface area contributed by atoms with E-state index < -0.39 is 5.60 Å². The van der Waals surface area contributed by atoms with Crippen molar-refractivity contribution in [1.82, 2.24) is 15.5 Å². The highest BCUT2D eigenvalue weighted by atomic mass is 79.9. The molecule has 2 heterocycles. The summed E-state index contributed by atoms with van der Waals surface area (Å²) in [7, 11) is 0. The van der Waals surface area contributed by atoms with Crippen LogP contribution < -0.4 is 5.32 Å². The lowest BCUT2D eigenvalue weighted by Crippen LogP contribution is -2.28. The molecule has 19 heavy (non-hydrogen) atoms. The Balaban J connectivity index is 1.94. The van der Waals surface area contributed by atoms with Gasteiger partial charge in [0.1, 0.15) is 5.82 Å². The van der Waals surface area contributed by atoms with Crippen LogP contribution in [0.15, 0.2) is 27.2 Å². The average molecular weight is 328 g/mol. The first-order valence-electron chi connectivity index (χ1n) is 5.81. The second kappa shape index (κ2) is 4.66. The molecule has 2 N–H and O–H groups in total. The molecule has 0 bridgehead atoms. The Bertz CT molecular complexity index is 611. The highest BCUT2D eigenvalue weighted by Gasteiger charge is 2.38. The van der Waals surface area contributed by atoms with Crippen molar-refractivity contribution < 1.29 is 14.0 Å². The van der Waals surface area contributed by atoms with Gasteiger partial charge in [0.05, 0.1) is 4.47 Å². The SMILES string of the molecule is OC1(c2nc(-c3ccc(F)c(Br)c3)no2)CCNC1. The maximum absolute atomic E-state index is 13.2. The predicted molar refractivity (Wildman–Crippen MR) is 68.8 cm³/mol. The number of aliphatic hydroxyl groups is 1. The second-order valence-corrected chi connectivity index (χ2v) is 5.36. The van der Waals surface area contributed by atoms with Gasteiger partial charge >= 0.3 is 0 Å². The quantitative estimate of drug-likeness (QED) is 0.880. The van der Waals surface area contributed by atoms with E-state index >= 15 is 0 Å². The van der Waals surface area contributed by atoms with E-state index in [1.807, 2.05) is 0 Å². The zero-order chi connectivity index (χ0) is 13.5. The van der Waals surface area contributed by atoms with Crippen LogP contribution >= 0.6 is 15.9 Å². The van der Waals surface area contributed by atoms with Crippen LogP contribution in [0.2, 0.25) is 0 Å². The normalized spacial score (nSPS) is 22.9. The van der Waals surface area contributed by atoms with Crippen molar-refractivity contribution in [2.75, 3.05) is 13.1 Å². The zero-order valence-corrected chi connectivity index (χ0v) is 11.4. The fourth-order valence-electron chi connectivity index (χ4n) is 2.03. The minimum Gasteiger partial charge on any atom is -0.379 e. The zero-order valence-electron chi connectivity index (χ0n) is 9.86. The Hall–Kier alpha value is -1.31. The Morgan fingerprint density at radius 3 is 3.00 bits per heavy atom. The lowest BCUT2D eigenvalue weighted by molar-refractivity contribution is 0.0243. The van der Waals surface area contributed by atoms with E-state index in [9.17, 15) is 9.50 Å². The third-order valence-corrected chi connectivity index (χ3v) is 3.74. The average Bonchev–Trinajstić information content (AvgIpc) is 3.02. The van der Waals surface area contributed by atoms with Crippen LogP contribution in [0.4, 0.5) is 4.39 Å². The summed E-state index contributed by atoms with van der Waals surface area (Å²) in [6.07, 6.45) is 0.530. The highest BCUT2D eigenvalue weighted by molar-refractivity contribution is 9.10. The number of halogens is 2. The maximum Gasteiger partial charge on any atom is 0.260 e. The third-order valence-electron chi connectivity index (χ3n) is 3.13. The van der Waals surface area contributed by atoms with Crippen LogP contribution in [0.1, 0.15) is 12.3 Å².